The van der Waals surface area contributed by atoms with Gasteiger partial charge in [-0.2, -0.15) is 5.10 Å². The summed E-state index contributed by atoms with van der Waals surface area (Å²) in [6.45, 7) is 0. The van der Waals surface area contributed by atoms with Crippen LogP contribution in [0.2, 0.25) is 0 Å². The van der Waals surface area contributed by atoms with Gasteiger partial charge in [0.1, 0.15) is 0 Å². The van der Waals surface area contributed by atoms with Gasteiger partial charge in [0.25, 0.3) is 5.56 Å². The molecule has 1 aromatic rings. The molecule has 3 aliphatic carbocycles. The Bertz CT molecular complexity index is 712. The Morgan fingerprint density at radius 1 is 1.04 bits per heavy atom. The summed E-state index contributed by atoms with van der Waals surface area (Å²) in [6.07, 6.45) is 13.2. The van der Waals surface area contributed by atoms with Gasteiger partial charge in [0, 0.05) is 23.9 Å². The summed E-state index contributed by atoms with van der Waals surface area (Å²) in [5.41, 5.74) is 1.08. The van der Waals surface area contributed by atoms with Gasteiger partial charge in [0.2, 0.25) is 5.91 Å². The zero-order valence-corrected chi connectivity index (χ0v) is 14.7. The van der Waals surface area contributed by atoms with E-state index in [1.54, 1.807) is 10.7 Å². The number of nitrogens with zero attached hydrogens (tertiary/aromatic N) is 2. The zero-order chi connectivity index (χ0) is 17.2. The van der Waals surface area contributed by atoms with Crippen LogP contribution in [0.15, 0.2) is 29.1 Å². The second kappa shape index (κ2) is 7.14. The first-order chi connectivity index (χ1) is 12.2. The zero-order valence-electron chi connectivity index (χ0n) is 14.7. The van der Waals surface area contributed by atoms with Crippen molar-refractivity contribution in [1.29, 1.82) is 0 Å². The molecule has 1 unspecified atom stereocenters. The fourth-order valence-corrected chi connectivity index (χ4v) is 4.11. The molecule has 0 aromatic carbocycles. The van der Waals surface area contributed by atoms with Gasteiger partial charge in [0.05, 0.1) is 11.7 Å². The van der Waals surface area contributed by atoms with E-state index in [1.807, 2.05) is 6.07 Å². The van der Waals surface area contributed by atoms with Crippen molar-refractivity contribution >= 4 is 5.91 Å². The largest absolute Gasteiger partial charge is 0.353 e. The van der Waals surface area contributed by atoms with Crippen LogP contribution in [0, 0.1) is 5.92 Å². The third kappa shape index (κ3) is 3.86. The average Bonchev–Trinajstić information content (AvgIpc) is 3.49. The number of nitrogens with one attached hydrogen (secondary N) is 1. The summed E-state index contributed by atoms with van der Waals surface area (Å²) in [4.78, 5) is 24.6. The SMILES string of the molecule is O=C(NC1CCC(n2nc(C3CC3)ccc2=O)CC1)C1CC=CCC1. The van der Waals surface area contributed by atoms with E-state index in [-0.39, 0.29) is 29.5 Å². The first kappa shape index (κ1) is 16.6. The summed E-state index contributed by atoms with van der Waals surface area (Å²) >= 11 is 0. The number of hydrogen-bond acceptors (Lipinski definition) is 3. The molecule has 1 heterocycles. The Balaban J connectivity index is 1.34. The molecule has 5 nitrogen and oxygen atoms in total. The lowest BCUT2D eigenvalue weighted by atomic mass is 9.89. The maximum atomic E-state index is 12.4. The Kier molecular flexibility index (Phi) is 4.73. The van der Waals surface area contributed by atoms with Crippen molar-refractivity contribution in [3.63, 3.8) is 0 Å². The van der Waals surface area contributed by atoms with Gasteiger partial charge in [-0.3, -0.25) is 9.59 Å². The Morgan fingerprint density at radius 3 is 2.52 bits per heavy atom. The molecular weight excluding hydrogens is 314 g/mol. The molecule has 5 heteroatoms. The maximum absolute atomic E-state index is 12.4. The second-order valence-corrected chi connectivity index (χ2v) is 7.81. The molecule has 0 saturated heterocycles. The molecule has 134 valence electrons. The van der Waals surface area contributed by atoms with Crippen molar-refractivity contribution in [2.75, 3.05) is 0 Å². The van der Waals surface area contributed by atoms with E-state index >= 15 is 0 Å². The fraction of sp³-hybridized carbons (Fsp3) is 0.650. The van der Waals surface area contributed by atoms with Crippen molar-refractivity contribution in [1.82, 2.24) is 15.1 Å². The molecular formula is C20H27N3O2. The number of rotatable bonds is 4. The van der Waals surface area contributed by atoms with Crippen LogP contribution in [0.25, 0.3) is 0 Å². The van der Waals surface area contributed by atoms with Gasteiger partial charge in [0.15, 0.2) is 0 Å². The topological polar surface area (TPSA) is 64.0 Å². The summed E-state index contributed by atoms with van der Waals surface area (Å²) in [7, 11) is 0. The molecule has 3 aliphatic rings. The van der Waals surface area contributed by atoms with E-state index in [0.717, 1.165) is 50.6 Å². The molecule has 0 radical (unpaired) electrons. The van der Waals surface area contributed by atoms with Crippen molar-refractivity contribution in [2.24, 2.45) is 5.92 Å². The highest BCUT2D eigenvalue weighted by Gasteiger charge is 2.29. The van der Waals surface area contributed by atoms with Crippen LogP contribution >= 0.6 is 0 Å². The van der Waals surface area contributed by atoms with Gasteiger partial charge in [-0.05, 0) is 63.9 Å². The van der Waals surface area contributed by atoms with Crippen LogP contribution in [-0.4, -0.2) is 21.7 Å². The predicted molar refractivity (Wildman–Crippen MR) is 96.4 cm³/mol. The van der Waals surface area contributed by atoms with Gasteiger partial charge >= 0.3 is 0 Å². The molecule has 25 heavy (non-hydrogen) atoms. The number of amides is 1. The molecule has 0 spiro atoms. The van der Waals surface area contributed by atoms with Crippen molar-refractivity contribution in [3.05, 3.63) is 40.3 Å². The lowest BCUT2D eigenvalue weighted by Crippen LogP contribution is -2.42. The molecule has 1 aromatic heterocycles. The van der Waals surface area contributed by atoms with E-state index in [9.17, 15) is 9.59 Å². The van der Waals surface area contributed by atoms with Gasteiger partial charge in [-0.15, -0.1) is 0 Å². The van der Waals surface area contributed by atoms with Crippen molar-refractivity contribution in [2.45, 2.75) is 75.8 Å². The number of hydrogen-bond donors (Lipinski definition) is 1. The molecule has 0 aliphatic heterocycles. The van der Waals surface area contributed by atoms with Crippen LogP contribution < -0.4 is 10.9 Å². The number of carbonyl (C=O) groups is 1. The van der Waals surface area contributed by atoms with E-state index in [0.29, 0.717) is 5.92 Å². The molecule has 0 bridgehead atoms. The van der Waals surface area contributed by atoms with Crippen molar-refractivity contribution in [3.8, 4) is 0 Å². The first-order valence-electron chi connectivity index (χ1n) is 9.76. The predicted octanol–water partition coefficient (Wildman–Crippen LogP) is 3.08. The van der Waals surface area contributed by atoms with Gasteiger partial charge in [-0.25, -0.2) is 4.68 Å². The standard InChI is InChI=1S/C20H27N3O2/c24-19-13-12-18(14-6-7-14)22-23(19)17-10-8-16(9-11-17)21-20(25)15-4-2-1-3-5-15/h1-2,12-17H,3-11H2,(H,21,25). The minimum atomic E-state index is 0.00544. The molecule has 1 atom stereocenters. The maximum Gasteiger partial charge on any atom is 0.267 e. The third-order valence-electron chi connectivity index (χ3n) is 5.87. The highest BCUT2D eigenvalue weighted by atomic mass is 16.2. The normalized spacial score (nSPS) is 29.4. The van der Waals surface area contributed by atoms with Crippen LogP contribution in [-0.2, 0) is 4.79 Å². The van der Waals surface area contributed by atoms with E-state index in [1.165, 1.54) is 12.8 Å². The lowest BCUT2D eigenvalue weighted by molar-refractivity contribution is -0.126. The van der Waals surface area contributed by atoms with Gasteiger partial charge < -0.3 is 5.32 Å². The molecule has 4 rings (SSSR count). The Hall–Kier alpha value is -1.91. The minimum absolute atomic E-state index is 0.00544. The molecule has 1 amide bonds. The summed E-state index contributed by atoms with van der Waals surface area (Å²) in [5, 5.41) is 7.86. The monoisotopic (exact) mass is 341 g/mol. The van der Waals surface area contributed by atoms with Crippen LogP contribution in [0.4, 0.5) is 0 Å². The smallest absolute Gasteiger partial charge is 0.267 e. The number of allylic oxidation sites excluding steroid dienone is 2. The second-order valence-electron chi connectivity index (χ2n) is 7.81. The molecule has 1 N–H and O–H groups in total. The number of aromatic nitrogens is 2. The number of carbonyl (C=O) groups excluding carboxylic acids is 1. The highest BCUT2D eigenvalue weighted by Crippen LogP contribution is 2.38. The van der Waals surface area contributed by atoms with E-state index in [2.05, 4.69) is 22.6 Å². The average molecular weight is 341 g/mol. The Labute approximate surface area is 148 Å². The lowest BCUT2D eigenvalue weighted by Gasteiger charge is -2.31. The highest BCUT2D eigenvalue weighted by molar-refractivity contribution is 5.79. The van der Waals surface area contributed by atoms with Crippen LogP contribution in [0.5, 0.6) is 0 Å². The Morgan fingerprint density at radius 2 is 1.84 bits per heavy atom. The quantitative estimate of drug-likeness (QED) is 0.856. The summed E-state index contributed by atoms with van der Waals surface area (Å²) in [6, 6.07) is 3.99. The van der Waals surface area contributed by atoms with E-state index < -0.39 is 0 Å². The summed E-state index contributed by atoms with van der Waals surface area (Å²) in [5.74, 6) is 0.910. The third-order valence-corrected chi connectivity index (χ3v) is 5.87. The first-order valence-corrected chi connectivity index (χ1v) is 9.76. The summed E-state index contributed by atoms with van der Waals surface area (Å²) < 4.78 is 1.71. The van der Waals surface area contributed by atoms with Crippen molar-refractivity contribution < 1.29 is 4.79 Å². The minimum Gasteiger partial charge on any atom is -0.353 e. The van der Waals surface area contributed by atoms with Gasteiger partial charge in [-0.1, -0.05) is 12.2 Å². The molecule has 2 saturated carbocycles. The van der Waals surface area contributed by atoms with Crippen LogP contribution in [0.1, 0.15) is 75.4 Å². The van der Waals surface area contributed by atoms with Crippen LogP contribution in [0.3, 0.4) is 0 Å². The fourth-order valence-electron chi connectivity index (χ4n) is 4.11. The van der Waals surface area contributed by atoms with E-state index in [4.69, 9.17) is 0 Å². The molecule has 2 fully saturated rings.